The second kappa shape index (κ2) is 8.94. The molecule has 0 bridgehead atoms. The van der Waals surface area contributed by atoms with Crippen LogP contribution in [0.3, 0.4) is 0 Å². The van der Waals surface area contributed by atoms with Crippen molar-refractivity contribution in [3.8, 4) is 0 Å². The van der Waals surface area contributed by atoms with Crippen molar-refractivity contribution >= 4 is 34.2 Å². The molecule has 0 saturated carbocycles. The van der Waals surface area contributed by atoms with Gasteiger partial charge in [0, 0.05) is 30.5 Å². The molecule has 4 aromatic rings. The van der Waals surface area contributed by atoms with E-state index < -0.39 is 0 Å². The first-order chi connectivity index (χ1) is 15.3. The zero-order valence-corrected chi connectivity index (χ0v) is 20.1. The summed E-state index contributed by atoms with van der Waals surface area (Å²) in [7, 11) is 1.97. The number of nitrogens with zero attached hydrogens (tertiary/aromatic N) is 5. The van der Waals surface area contributed by atoms with E-state index in [2.05, 4.69) is 24.0 Å². The highest BCUT2D eigenvalue weighted by atomic mass is 32.2. The predicted octanol–water partition coefficient (Wildman–Crippen LogP) is 4.16. The number of benzene rings is 1. The van der Waals surface area contributed by atoms with Crippen LogP contribution >= 0.6 is 11.8 Å². The summed E-state index contributed by atoms with van der Waals surface area (Å²) in [5, 5.41) is 9.42. The lowest BCUT2D eigenvalue weighted by molar-refractivity contribution is 0.102. The Hall–Kier alpha value is -2.87. The van der Waals surface area contributed by atoms with E-state index in [-0.39, 0.29) is 11.3 Å². The van der Waals surface area contributed by atoms with Crippen molar-refractivity contribution < 1.29 is 4.79 Å². The van der Waals surface area contributed by atoms with Crippen molar-refractivity contribution in [3.63, 3.8) is 0 Å². The smallest absolute Gasteiger partial charge is 0.262 e. The zero-order chi connectivity index (χ0) is 23.0. The molecule has 32 heavy (non-hydrogen) atoms. The fraction of sp³-hybridized carbons (Fsp3) is 0.417. The van der Waals surface area contributed by atoms with Crippen LogP contribution in [0.25, 0.3) is 16.7 Å². The minimum absolute atomic E-state index is 0.0366. The van der Waals surface area contributed by atoms with Gasteiger partial charge < -0.3 is 4.57 Å². The molecular weight excluding hydrogens is 422 g/mol. The van der Waals surface area contributed by atoms with Gasteiger partial charge >= 0.3 is 0 Å². The lowest BCUT2D eigenvalue weighted by atomic mass is 10.1. The summed E-state index contributed by atoms with van der Waals surface area (Å²) in [5.74, 6) is 2.79. The van der Waals surface area contributed by atoms with E-state index in [1.165, 1.54) is 11.8 Å². The van der Waals surface area contributed by atoms with Crippen LogP contribution in [-0.2, 0) is 19.3 Å². The Kier molecular flexibility index (Phi) is 6.24. The Labute approximate surface area is 191 Å². The molecule has 3 heterocycles. The molecule has 0 aliphatic carbocycles. The lowest BCUT2D eigenvalue weighted by Crippen LogP contribution is -2.24. The lowest BCUT2D eigenvalue weighted by Gasteiger charge is -2.12. The average Bonchev–Trinajstić information content (AvgIpc) is 3.30. The summed E-state index contributed by atoms with van der Waals surface area (Å²) < 4.78 is 5.73. The molecule has 0 radical (unpaired) electrons. The predicted molar refractivity (Wildman–Crippen MR) is 130 cm³/mol. The molecule has 1 aromatic carbocycles. The molecule has 0 unspecified atom stereocenters. The van der Waals surface area contributed by atoms with Gasteiger partial charge in [0.05, 0.1) is 22.4 Å². The maximum atomic E-state index is 13.1. The third-order valence-electron chi connectivity index (χ3n) is 6.04. The largest absolute Gasteiger partial charge is 0.351 e. The molecule has 0 aliphatic heterocycles. The van der Waals surface area contributed by atoms with Crippen LogP contribution in [0.4, 0.5) is 0 Å². The van der Waals surface area contributed by atoms with Crippen molar-refractivity contribution in [2.75, 3.05) is 5.75 Å². The molecule has 168 valence electrons. The third kappa shape index (κ3) is 3.99. The Morgan fingerprint density at radius 3 is 2.59 bits per heavy atom. The highest BCUT2D eigenvalue weighted by Gasteiger charge is 2.18. The van der Waals surface area contributed by atoms with Crippen LogP contribution in [-0.4, -0.2) is 35.3 Å². The number of carbonyl (C=O) groups excluding carboxylic acids is 1. The van der Waals surface area contributed by atoms with Gasteiger partial charge in [-0.15, -0.1) is 22.0 Å². The van der Waals surface area contributed by atoms with Crippen LogP contribution in [0.5, 0.6) is 0 Å². The number of carbonyl (C=O) groups is 1. The van der Waals surface area contributed by atoms with Crippen molar-refractivity contribution in [3.05, 3.63) is 63.5 Å². The fourth-order valence-electron chi connectivity index (χ4n) is 3.95. The SMILES string of the molecule is Cc1cc(C(=O)CSCc2nnc3n(CCC(C)C)c(=O)c4ccccc4n23)c(C)n1C. The molecule has 3 aromatic heterocycles. The Balaban J connectivity index is 1.64. The van der Waals surface area contributed by atoms with Crippen LogP contribution < -0.4 is 5.56 Å². The number of ketones is 1. The van der Waals surface area contributed by atoms with Gasteiger partial charge in [0.15, 0.2) is 5.78 Å². The van der Waals surface area contributed by atoms with E-state index in [0.717, 1.165) is 34.7 Å². The third-order valence-corrected chi connectivity index (χ3v) is 6.97. The molecule has 0 saturated heterocycles. The van der Waals surface area contributed by atoms with Gasteiger partial charge in [0.1, 0.15) is 5.82 Å². The molecule has 0 atom stereocenters. The summed E-state index contributed by atoms with van der Waals surface area (Å²) in [6.45, 7) is 8.86. The number of Topliss-reactive ketones (excluding diaryl/α,β-unsaturated/α-hetero) is 1. The second-order valence-corrected chi connectivity index (χ2v) is 9.65. The first kappa shape index (κ1) is 22.3. The topological polar surface area (TPSA) is 74.2 Å². The van der Waals surface area contributed by atoms with Gasteiger partial charge in [-0.2, -0.15) is 0 Å². The molecule has 0 fully saturated rings. The van der Waals surface area contributed by atoms with E-state index in [9.17, 15) is 9.59 Å². The van der Waals surface area contributed by atoms with Gasteiger partial charge in [-0.3, -0.25) is 18.6 Å². The van der Waals surface area contributed by atoms with Gasteiger partial charge in [-0.25, -0.2) is 0 Å². The van der Waals surface area contributed by atoms with Gasteiger partial charge in [0.2, 0.25) is 5.78 Å². The number of fused-ring (bicyclic) bond motifs is 3. The average molecular weight is 452 g/mol. The first-order valence-electron chi connectivity index (χ1n) is 10.9. The van der Waals surface area contributed by atoms with Gasteiger partial charge in [0.25, 0.3) is 5.56 Å². The summed E-state index contributed by atoms with van der Waals surface area (Å²) in [6, 6.07) is 9.52. The number of hydrogen-bond acceptors (Lipinski definition) is 5. The number of aromatic nitrogens is 5. The molecule has 7 nitrogen and oxygen atoms in total. The summed E-state index contributed by atoms with van der Waals surface area (Å²) in [6.07, 6.45) is 0.884. The van der Waals surface area contributed by atoms with Crippen molar-refractivity contribution in [1.82, 2.24) is 23.7 Å². The monoisotopic (exact) mass is 451 g/mol. The Morgan fingerprint density at radius 2 is 1.91 bits per heavy atom. The van der Waals surface area contributed by atoms with Crippen molar-refractivity contribution in [2.24, 2.45) is 13.0 Å². The maximum absolute atomic E-state index is 13.1. The molecule has 0 spiro atoms. The van der Waals surface area contributed by atoms with E-state index in [1.54, 1.807) is 4.57 Å². The number of para-hydroxylation sites is 1. The molecule has 0 amide bonds. The van der Waals surface area contributed by atoms with Crippen LogP contribution in [0, 0.1) is 19.8 Å². The second-order valence-electron chi connectivity index (χ2n) is 8.67. The minimum atomic E-state index is -0.0366. The summed E-state index contributed by atoms with van der Waals surface area (Å²) >= 11 is 1.52. The fourth-order valence-corrected chi connectivity index (χ4v) is 4.76. The Morgan fingerprint density at radius 1 is 1.16 bits per heavy atom. The van der Waals surface area contributed by atoms with Crippen molar-refractivity contribution in [2.45, 2.75) is 46.4 Å². The first-order valence-corrected chi connectivity index (χ1v) is 12.0. The van der Waals surface area contributed by atoms with Crippen LogP contribution in [0.1, 0.15) is 47.8 Å². The highest BCUT2D eigenvalue weighted by Crippen LogP contribution is 2.21. The Bertz CT molecular complexity index is 1360. The number of aryl methyl sites for hydroxylation is 2. The summed E-state index contributed by atoms with van der Waals surface area (Å²) in [5.41, 5.74) is 3.60. The highest BCUT2D eigenvalue weighted by molar-refractivity contribution is 7.99. The summed E-state index contributed by atoms with van der Waals surface area (Å²) in [4.78, 5) is 25.9. The minimum Gasteiger partial charge on any atom is -0.351 e. The number of thioether (sulfide) groups is 1. The van der Waals surface area contributed by atoms with E-state index >= 15 is 0 Å². The molecule has 0 aliphatic rings. The standard InChI is InChI=1S/C24H29N5O2S/c1-15(2)10-11-28-23(31)18-8-6-7-9-20(18)29-22(25-26-24(28)29)14-32-13-21(30)19-12-16(3)27(5)17(19)4/h6-9,12,15H,10-11,13-14H2,1-5H3. The van der Waals surface area contributed by atoms with E-state index in [0.29, 0.717) is 35.1 Å². The number of rotatable bonds is 8. The molecular formula is C24H29N5O2S. The van der Waals surface area contributed by atoms with Crippen LogP contribution in [0.2, 0.25) is 0 Å². The van der Waals surface area contributed by atoms with E-state index in [4.69, 9.17) is 0 Å². The van der Waals surface area contributed by atoms with Gasteiger partial charge in [-0.1, -0.05) is 26.0 Å². The molecule has 4 rings (SSSR count). The van der Waals surface area contributed by atoms with Gasteiger partial charge in [-0.05, 0) is 44.4 Å². The molecule has 0 N–H and O–H groups in total. The van der Waals surface area contributed by atoms with Crippen LogP contribution in [0.15, 0.2) is 35.1 Å². The van der Waals surface area contributed by atoms with Crippen molar-refractivity contribution in [1.29, 1.82) is 0 Å². The normalized spacial score (nSPS) is 11.8. The molecule has 8 heteroatoms. The quantitative estimate of drug-likeness (QED) is 0.376. The van der Waals surface area contributed by atoms with E-state index in [1.807, 2.05) is 60.2 Å². The maximum Gasteiger partial charge on any atom is 0.262 e. The number of hydrogen-bond donors (Lipinski definition) is 0. The zero-order valence-electron chi connectivity index (χ0n) is 19.3.